The van der Waals surface area contributed by atoms with E-state index in [0.717, 1.165) is 16.5 Å². The van der Waals surface area contributed by atoms with E-state index in [1.54, 1.807) is 24.3 Å². The van der Waals surface area contributed by atoms with E-state index in [1.807, 2.05) is 36.4 Å². The molecule has 6 nitrogen and oxygen atoms in total. The molecule has 0 unspecified atom stereocenters. The first kappa shape index (κ1) is 16.1. The lowest BCUT2D eigenvalue weighted by molar-refractivity contribution is 0.276. The van der Waals surface area contributed by atoms with Gasteiger partial charge in [0, 0.05) is 5.56 Å². The number of benzene rings is 2. The molecule has 0 radical (unpaired) electrons. The van der Waals surface area contributed by atoms with Crippen molar-refractivity contribution < 1.29 is 14.6 Å². The third-order valence-corrected chi connectivity index (χ3v) is 4.18. The van der Waals surface area contributed by atoms with Gasteiger partial charge in [0.2, 0.25) is 5.71 Å². The van der Waals surface area contributed by atoms with Crippen molar-refractivity contribution in [3.05, 3.63) is 72.6 Å². The number of anilines is 1. The van der Waals surface area contributed by atoms with Gasteiger partial charge in [0.25, 0.3) is 0 Å². The van der Waals surface area contributed by atoms with Crippen LogP contribution in [0.1, 0.15) is 11.6 Å². The second kappa shape index (κ2) is 6.85. The van der Waals surface area contributed by atoms with Crippen molar-refractivity contribution in [2.75, 3.05) is 11.9 Å². The van der Waals surface area contributed by atoms with Gasteiger partial charge in [-0.05, 0) is 35.9 Å². The topological polar surface area (TPSA) is 91.4 Å². The first-order chi connectivity index (χ1) is 12.7. The summed E-state index contributed by atoms with van der Waals surface area (Å²) in [5.41, 5.74) is 2.24. The molecule has 0 amide bonds. The highest BCUT2D eigenvalue weighted by atomic mass is 16.3. The van der Waals surface area contributed by atoms with Crippen LogP contribution in [0.3, 0.4) is 0 Å². The number of phenols is 1. The highest BCUT2D eigenvalue weighted by molar-refractivity contribution is 5.89. The van der Waals surface area contributed by atoms with Crippen LogP contribution in [0.4, 0.5) is 5.82 Å². The summed E-state index contributed by atoms with van der Waals surface area (Å²) in [5.74, 6) is 1.41. The molecule has 6 heteroatoms. The Morgan fingerprint density at radius 3 is 2.50 bits per heavy atom. The minimum atomic E-state index is -0.290. The lowest BCUT2D eigenvalue weighted by Gasteiger charge is -2.17. The van der Waals surface area contributed by atoms with Crippen LogP contribution in [0, 0.1) is 0 Å². The number of hydrogen-bond acceptors (Lipinski definition) is 6. The summed E-state index contributed by atoms with van der Waals surface area (Å²) in [6.45, 7) is -0.0712. The molecular formula is C20H17N3O3. The maximum absolute atomic E-state index is 9.77. The van der Waals surface area contributed by atoms with Crippen molar-refractivity contribution in [3.8, 4) is 17.1 Å². The Bertz CT molecular complexity index is 1010. The monoisotopic (exact) mass is 347 g/mol. The van der Waals surface area contributed by atoms with Crippen LogP contribution in [0.2, 0.25) is 0 Å². The summed E-state index contributed by atoms with van der Waals surface area (Å²) < 4.78 is 5.82. The number of fused-ring (bicyclic) bond motifs is 1. The van der Waals surface area contributed by atoms with E-state index in [2.05, 4.69) is 15.3 Å². The molecule has 0 saturated heterocycles. The summed E-state index contributed by atoms with van der Waals surface area (Å²) in [4.78, 5) is 8.49. The van der Waals surface area contributed by atoms with Gasteiger partial charge in [0.15, 0.2) is 0 Å². The number of phenolic OH excluding ortho intramolecular Hbond substituents is 1. The minimum Gasteiger partial charge on any atom is -0.508 e. The highest BCUT2D eigenvalue weighted by Crippen LogP contribution is 2.32. The van der Waals surface area contributed by atoms with Gasteiger partial charge >= 0.3 is 0 Å². The highest BCUT2D eigenvalue weighted by Gasteiger charge is 2.16. The maximum Gasteiger partial charge on any atom is 0.231 e. The van der Waals surface area contributed by atoms with Gasteiger partial charge in [-0.25, -0.2) is 9.97 Å². The van der Waals surface area contributed by atoms with Crippen molar-refractivity contribution in [1.29, 1.82) is 0 Å². The first-order valence-electron chi connectivity index (χ1n) is 8.21. The quantitative estimate of drug-likeness (QED) is 0.509. The van der Waals surface area contributed by atoms with E-state index in [1.165, 1.54) is 6.33 Å². The van der Waals surface area contributed by atoms with Crippen molar-refractivity contribution in [1.82, 2.24) is 9.97 Å². The van der Waals surface area contributed by atoms with Gasteiger partial charge in [0.1, 0.15) is 23.7 Å². The summed E-state index contributed by atoms with van der Waals surface area (Å²) in [7, 11) is 0. The van der Waals surface area contributed by atoms with E-state index in [9.17, 15) is 10.2 Å². The van der Waals surface area contributed by atoms with Gasteiger partial charge in [-0.1, -0.05) is 30.3 Å². The molecule has 4 rings (SSSR count). The van der Waals surface area contributed by atoms with Crippen molar-refractivity contribution >= 4 is 16.9 Å². The predicted molar refractivity (Wildman–Crippen MR) is 98.8 cm³/mol. The van der Waals surface area contributed by atoms with Crippen LogP contribution in [0.15, 0.2) is 71.4 Å². The summed E-state index contributed by atoms with van der Waals surface area (Å²) in [5, 5.41) is 23.2. The maximum atomic E-state index is 9.77. The molecule has 4 aromatic rings. The van der Waals surface area contributed by atoms with E-state index in [-0.39, 0.29) is 18.4 Å². The van der Waals surface area contributed by atoms with Gasteiger partial charge in [-0.2, -0.15) is 0 Å². The Morgan fingerprint density at radius 1 is 1.00 bits per heavy atom. The molecule has 0 saturated carbocycles. The van der Waals surface area contributed by atoms with E-state index in [4.69, 9.17) is 4.42 Å². The van der Waals surface area contributed by atoms with E-state index in [0.29, 0.717) is 17.3 Å². The standard InChI is InChI=1S/C20H17N3O3/c24-11-17(13-4-2-1-3-5-13)23-19-16-10-18(26-20(16)22-12-21-19)14-6-8-15(25)9-7-14/h1-10,12,17,24-25H,11H2,(H,21,22,23)/t17-/m1/s1. The second-order valence-corrected chi connectivity index (χ2v) is 5.89. The predicted octanol–water partition coefficient (Wildman–Crippen LogP) is 3.74. The molecule has 0 aliphatic carbocycles. The number of aromatic nitrogens is 2. The Morgan fingerprint density at radius 2 is 1.77 bits per heavy atom. The number of aliphatic hydroxyl groups is 1. The molecule has 2 aromatic heterocycles. The van der Waals surface area contributed by atoms with Gasteiger partial charge in [0.05, 0.1) is 18.0 Å². The molecule has 26 heavy (non-hydrogen) atoms. The van der Waals surface area contributed by atoms with Crippen LogP contribution < -0.4 is 5.32 Å². The van der Waals surface area contributed by atoms with Gasteiger partial charge in [-0.3, -0.25) is 0 Å². The van der Waals surface area contributed by atoms with E-state index < -0.39 is 0 Å². The summed E-state index contributed by atoms with van der Waals surface area (Å²) in [6.07, 6.45) is 1.42. The number of nitrogens with zero attached hydrogens (tertiary/aromatic N) is 2. The van der Waals surface area contributed by atoms with E-state index >= 15 is 0 Å². The smallest absolute Gasteiger partial charge is 0.231 e. The van der Waals surface area contributed by atoms with Crippen LogP contribution >= 0.6 is 0 Å². The Labute approximate surface area is 149 Å². The average molecular weight is 347 g/mol. The van der Waals surface area contributed by atoms with Crippen molar-refractivity contribution in [3.63, 3.8) is 0 Å². The molecule has 2 aromatic carbocycles. The third-order valence-electron chi connectivity index (χ3n) is 4.18. The van der Waals surface area contributed by atoms with Crippen LogP contribution in [0.25, 0.3) is 22.4 Å². The number of aliphatic hydroxyl groups excluding tert-OH is 1. The lowest BCUT2D eigenvalue weighted by atomic mass is 10.1. The molecular weight excluding hydrogens is 330 g/mol. The van der Waals surface area contributed by atoms with Crippen LogP contribution in [-0.4, -0.2) is 26.8 Å². The molecule has 130 valence electrons. The first-order valence-corrected chi connectivity index (χ1v) is 8.21. The SMILES string of the molecule is OC[C@@H](Nc1ncnc2oc(-c3ccc(O)cc3)cc12)c1ccccc1. The number of furan rings is 1. The zero-order valence-electron chi connectivity index (χ0n) is 13.8. The Balaban J connectivity index is 1.70. The Hall–Kier alpha value is -3.38. The molecule has 0 aliphatic rings. The molecule has 2 heterocycles. The number of rotatable bonds is 5. The zero-order valence-corrected chi connectivity index (χ0v) is 13.8. The molecule has 0 spiro atoms. The summed E-state index contributed by atoms with van der Waals surface area (Å²) in [6, 6.07) is 18.0. The fourth-order valence-electron chi connectivity index (χ4n) is 2.82. The third kappa shape index (κ3) is 3.10. The normalized spacial score (nSPS) is 12.2. The molecule has 1 atom stereocenters. The van der Waals surface area contributed by atoms with Crippen molar-refractivity contribution in [2.24, 2.45) is 0 Å². The fraction of sp³-hybridized carbons (Fsp3) is 0.100. The largest absolute Gasteiger partial charge is 0.508 e. The fourth-order valence-corrected chi connectivity index (χ4v) is 2.82. The van der Waals surface area contributed by atoms with Gasteiger partial charge < -0.3 is 19.9 Å². The number of nitrogens with one attached hydrogen (secondary N) is 1. The molecule has 0 aliphatic heterocycles. The average Bonchev–Trinajstić information content (AvgIpc) is 3.12. The van der Waals surface area contributed by atoms with Crippen LogP contribution in [0.5, 0.6) is 5.75 Å². The molecule has 3 N–H and O–H groups in total. The van der Waals surface area contributed by atoms with Crippen LogP contribution in [-0.2, 0) is 0 Å². The molecule has 0 fully saturated rings. The minimum absolute atomic E-state index is 0.0712. The Kier molecular flexibility index (Phi) is 4.25. The van der Waals surface area contributed by atoms with Gasteiger partial charge in [-0.15, -0.1) is 0 Å². The van der Waals surface area contributed by atoms with Crippen molar-refractivity contribution in [2.45, 2.75) is 6.04 Å². The zero-order chi connectivity index (χ0) is 17.9. The summed E-state index contributed by atoms with van der Waals surface area (Å²) >= 11 is 0. The number of hydrogen-bond donors (Lipinski definition) is 3. The lowest BCUT2D eigenvalue weighted by Crippen LogP contribution is -2.15. The number of aromatic hydroxyl groups is 1. The second-order valence-electron chi connectivity index (χ2n) is 5.89. The molecule has 0 bridgehead atoms.